The van der Waals surface area contributed by atoms with Crippen LogP contribution in [0.2, 0.25) is 5.02 Å². The maximum atomic E-state index is 10.4. The summed E-state index contributed by atoms with van der Waals surface area (Å²) in [4.78, 5) is 14.5. The van der Waals surface area contributed by atoms with Gasteiger partial charge in [-0.2, -0.15) is 4.98 Å². The van der Waals surface area contributed by atoms with Crippen LogP contribution in [0, 0.1) is 0 Å². The molecule has 94 valence electrons. The molecule has 0 bridgehead atoms. The maximum absolute atomic E-state index is 10.4. The predicted molar refractivity (Wildman–Crippen MR) is 67.2 cm³/mol. The number of oxazole rings is 1. The average molecular weight is 267 g/mol. The molecule has 0 spiro atoms. The zero-order chi connectivity index (χ0) is 13.0. The summed E-state index contributed by atoms with van der Waals surface area (Å²) in [6, 6.07) is 7.45. The highest BCUT2D eigenvalue weighted by Crippen LogP contribution is 2.19. The Balaban J connectivity index is 2.00. The summed E-state index contributed by atoms with van der Waals surface area (Å²) in [5.74, 6) is -0.859. The van der Waals surface area contributed by atoms with E-state index in [4.69, 9.17) is 21.1 Å². The lowest BCUT2D eigenvalue weighted by atomic mass is 10.2. The van der Waals surface area contributed by atoms with Gasteiger partial charge in [-0.1, -0.05) is 17.7 Å². The third-order valence-corrected chi connectivity index (χ3v) is 2.46. The number of rotatable bonds is 5. The Morgan fingerprint density at radius 3 is 3.06 bits per heavy atom. The first-order valence-electron chi connectivity index (χ1n) is 5.32. The van der Waals surface area contributed by atoms with E-state index in [9.17, 15) is 4.79 Å². The highest BCUT2D eigenvalue weighted by Gasteiger charge is 2.06. The smallest absolute Gasteiger partial charge is 0.303 e. The number of nitrogens with one attached hydrogen (secondary N) is 1. The molecular weight excluding hydrogens is 256 g/mol. The van der Waals surface area contributed by atoms with Crippen molar-refractivity contribution in [3.05, 3.63) is 41.2 Å². The number of aromatic nitrogens is 1. The van der Waals surface area contributed by atoms with E-state index in [1.165, 1.54) is 6.26 Å². The van der Waals surface area contributed by atoms with Crippen LogP contribution in [0.3, 0.4) is 0 Å². The fourth-order valence-electron chi connectivity index (χ4n) is 1.40. The monoisotopic (exact) mass is 266 g/mol. The van der Waals surface area contributed by atoms with Gasteiger partial charge < -0.3 is 14.8 Å². The van der Waals surface area contributed by atoms with Gasteiger partial charge in [0.2, 0.25) is 0 Å². The van der Waals surface area contributed by atoms with Gasteiger partial charge >= 0.3 is 5.97 Å². The zero-order valence-corrected chi connectivity index (χ0v) is 10.1. The van der Waals surface area contributed by atoms with E-state index in [1.54, 1.807) is 18.2 Å². The number of carbonyl (C=O) groups is 1. The van der Waals surface area contributed by atoms with Gasteiger partial charge in [-0.3, -0.25) is 4.79 Å². The molecule has 0 unspecified atom stereocenters. The highest BCUT2D eigenvalue weighted by atomic mass is 35.5. The van der Waals surface area contributed by atoms with Crippen molar-refractivity contribution >= 4 is 29.3 Å². The number of aliphatic carboxylic acids is 1. The molecule has 0 aliphatic heterocycles. The van der Waals surface area contributed by atoms with Gasteiger partial charge in [0.25, 0.3) is 6.01 Å². The molecule has 6 heteroatoms. The zero-order valence-electron chi connectivity index (χ0n) is 9.39. The number of hydrogen-bond donors (Lipinski definition) is 2. The first-order valence-corrected chi connectivity index (χ1v) is 5.70. The van der Waals surface area contributed by atoms with E-state index >= 15 is 0 Å². The van der Waals surface area contributed by atoms with Crippen molar-refractivity contribution < 1.29 is 14.3 Å². The number of carboxylic acid groups (broad SMARTS) is 1. The van der Waals surface area contributed by atoms with Gasteiger partial charge in [-0.25, -0.2) is 0 Å². The number of nitrogens with zero attached hydrogens (tertiary/aromatic N) is 1. The first-order chi connectivity index (χ1) is 8.63. The molecule has 0 fully saturated rings. The van der Waals surface area contributed by atoms with Crippen LogP contribution < -0.4 is 5.32 Å². The third-order valence-electron chi connectivity index (χ3n) is 2.22. The van der Waals surface area contributed by atoms with Crippen molar-refractivity contribution in [2.24, 2.45) is 0 Å². The fraction of sp³-hybridized carbons (Fsp3) is 0.167. The molecule has 1 aromatic carbocycles. The molecule has 0 aliphatic rings. The third kappa shape index (κ3) is 3.49. The minimum atomic E-state index is -0.859. The summed E-state index contributed by atoms with van der Waals surface area (Å²) in [5.41, 5.74) is 1.36. The van der Waals surface area contributed by atoms with E-state index in [2.05, 4.69) is 10.3 Å². The van der Waals surface area contributed by atoms with Crippen molar-refractivity contribution in [3.63, 3.8) is 0 Å². The van der Waals surface area contributed by atoms with Crippen LogP contribution >= 0.6 is 11.6 Å². The largest absolute Gasteiger partial charge is 0.481 e. The molecule has 2 N–H and O–H groups in total. The Morgan fingerprint density at radius 1 is 1.50 bits per heavy atom. The van der Waals surface area contributed by atoms with Crippen molar-refractivity contribution in [2.45, 2.75) is 12.8 Å². The standard InChI is InChI=1S/C12H11ClN2O3/c13-8-2-1-3-9(6-8)14-12-15-10(7-18-12)4-5-11(16)17/h1-3,6-7H,4-5H2,(H,14,15)(H,16,17). The molecule has 0 amide bonds. The van der Waals surface area contributed by atoms with Crippen LogP contribution in [-0.2, 0) is 11.2 Å². The topological polar surface area (TPSA) is 75.4 Å². The second-order valence-corrected chi connectivity index (χ2v) is 4.11. The van der Waals surface area contributed by atoms with E-state index in [0.717, 1.165) is 5.69 Å². The number of benzene rings is 1. The molecule has 0 atom stereocenters. The molecule has 2 rings (SSSR count). The fourth-order valence-corrected chi connectivity index (χ4v) is 1.59. The summed E-state index contributed by atoms with van der Waals surface area (Å²) in [6.45, 7) is 0. The number of hydrogen-bond acceptors (Lipinski definition) is 4. The molecule has 0 aliphatic carbocycles. The normalized spacial score (nSPS) is 10.3. The van der Waals surface area contributed by atoms with Gasteiger partial charge in [0, 0.05) is 17.1 Å². The summed E-state index contributed by atoms with van der Waals surface area (Å²) in [7, 11) is 0. The van der Waals surface area contributed by atoms with Gasteiger partial charge in [-0.15, -0.1) is 0 Å². The van der Waals surface area contributed by atoms with Crippen LogP contribution in [0.25, 0.3) is 0 Å². The summed E-state index contributed by atoms with van der Waals surface area (Å²) in [5, 5.41) is 12.1. The lowest BCUT2D eigenvalue weighted by Crippen LogP contribution is -1.98. The van der Waals surface area contributed by atoms with Crippen LogP contribution in [-0.4, -0.2) is 16.1 Å². The average Bonchev–Trinajstić information content (AvgIpc) is 2.74. The summed E-state index contributed by atoms with van der Waals surface area (Å²) in [6.07, 6.45) is 1.81. The second-order valence-electron chi connectivity index (χ2n) is 3.67. The lowest BCUT2D eigenvalue weighted by Gasteiger charge is -2.00. The second kappa shape index (κ2) is 5.55. The molecular formula is C12H11ClN2O3. The SMILES string of the molecule is O=C(O)CCc1coc(Nc2cccc(Cl)c2)n1. The number of halogens is 1. The van der Waals surface area contributed by atoms with Gasteiger partial charge in [0.05, 0.1) is 12.1 Å². The van der Waals surface area contributed by atoms with E-state index < -0.39 is 5.97 Å². The van der Waals surface area contributed by atoms with Crippen LogP contribution in [0.4, 0.5) is 11.7 Å². The number of anilines is 2. The summed E-state index contributed by atoms with van der Waals surface area (Å²) >= 11 is 5.84. The highest BCUT2D eigenvalue weighted by molar-refractivity contribution is 6.30. The lowest BCUT2D eigenvalue weighted by molar-refractivity contribution is -0.136. The molecule has 0 saturated heterocycles. The molecule has 1 heterocycles. The minimum Gasteiger partial charge on any atom is -0.481 e. The Hall–Kier alpha value is -2.01. The summed E-state index contributed by atoms with van der Waals surface area (Å²) < 4.78 is 5.18. The van der Waals surface area contributed by atoms with Crippen molar-refractivity contribution in [1.82, 2.24) is 4.98 Å². The minimum absolute atomic E-state index is 0.0309. The maximum Gasteiger partial charge on any atom is 0.303 e. The van der Waals surface area contributed by atoms with Gasteiger partial charge in [0.1, 0.15) is 6.26 Å². The predicted octanol–water partition coefficient (Wildman–Crippen LogP) is 3.09. The van der Waals surface area contributed by atoms with Crippen LogP contribution in [0.15, 0.2) is 34.9 Å². The van der Waals surface area contributed by atoms with Crippen LogP contribution in [0.1, 0.15) is 12.1 Å². The Labute approximate surface area is 108 Å². The Bertz CT molecular complexity index is 554. The molecule has 0 radical (unpaired) electrons. The van der Waals surface area contributed by atoms with E-state index in [-0.39, 0.29) is 6.42 Å². The Morgan fingerprint density at radius 2 is 2.33 bits per heavy atom. The molecule has 18 heavy (non-hydrogen) atoms. The number of carboxylic acids is 1. The van der Waals surface area contributed by atoms with Gasteiger partial charge in [-0.05, 0) is 18.2 Å². The molecule has 5 nitrogen and oxygen atoms in total. The van der Waals surface area contributed by atoms with Crippen LogP contribution in [0.5, 0.6) is 0 Å². The Kier molecular flexibility index (Phi) is 3.84. The van der Waals surface area contributed by atoms with Gasteiger partial charge in [0.15, 0.2) is 0 Å². The van der Waals surface area contributed by atoms with Crippen molar-refractivity contribution in [3.8, 4) is 0 Å². The quantitative estimate of drug-likeness (QED) is 0.870. The first kappa shape index (κ1) is 12.4. The van der Waals surface area contributed by atoms with E-state index in [1.807, 2.05) is 6.07 Å². The molecule has 1 aromatic heterocycles. The number of aryl methyl sites for hydroxylation is 1. The molecule has 2 aromatic rings. The van der Waals surface area contributed by atoms with Crippen molar-refractivity contribution in [2.75, 3.05) is 5.32 Å². The van der Waals surface area contributed by atoms with E-state index in [0.29, 0.717) is 23.2 Å². The van der Waals surface area contributed by atoms with Crippen molar-refractivity contribution in [1.29, 1.82) is 0 Å². The molecule has 0 saturated carbocycles.